The zero-order valence-electron chi connectivity index (χ0n) is 14.3. The molecule has 0 unspecified atom stereocenters. The Balaban J connectivity index is 1.66. The van der Waals surface area contributed by atoms with Gasteiger partial charge in [-0.05, 0) is 92.8 Å². The minimum absolute atomic E-state index is 0.200. The van der Waals surface area contributed by atoms with E-state index in [1.165, 1.54) is 57.8 Å². The summed E-state index contributed by atoms with van der Waals surface area (Å²) in [7, 11) is 0. The average molecular weight is 290 g/mol. The van der Waals surface area contributed by atoms with E-state index >= 15 is 0 Å². The van der Waals surface area contributed by atoms with Crippen molar-refractivity contribution in [3.05, 3.63) is 0 Å². The van der Waals surface area contributed by atoms with Gasteiger partial charge in [-0.1, -0.05) is 26.7 Å². The molecule has 4 rings (SSSR count). The van der Waals surface area contributed by atoms with Gasteiger partial charge < -0.3 is 5.11 Å². The SMILES string of the molecule is C[C@]12CCCC[C@H]1CC[C@@H]1[C@H]2CC[C@@]2(C)[C@H]1CC[C@]2(C)O. The zero-order chi connectivity index (χ0) is 14.9. The van der Waals surface area contributed by atoms with E-state index in [0.29, 0.717) is 5.41 Å². The van der Waals surface area contributed by atoms with Crippen LogP contribution in [0.5, 0.6) is 0 Å². The third-order valence-corrected chi connectivity index (χ3v) is 9.15. The second-order valence-electron chi connectivity index (χ2n) is 9.67. The Morgan fingerprint density at radius 3 is 2.33 bits per heavy atom. The van der Waals surface area contributed by atoms with Gasteiger partial charge in [0.25, 0.3) is 0 Å². The normalized spacial score (nSPS) is 60.0. The summed E-state index contributed by atoms with van der Waals surface area (Å²) < 4.78 is 0. The molecule has 120 valence electrons. The summed E-state index contributed by atoms with van der Waals surface area (Å²) in [6.07, 6.45) is 13.9. The zero-order valence-corrected chi connectivity index (χ0v) is 14.3. The Kier molecular flexibility index (Phi) is 3.11. The molecule has 0 aliphatic heterocycles. The van der Waals surface area contributed by atoms with Gasteiger partial charge in [0.1, 0.15) is 0 Å². The Hall–Kier alpha value is -0.0400. The lowest BCUT2D eigenvalue weighted by atomic mass is 9.44. The first-order chi connectivity index (χ1) is 9.88. The molecule has 0 bridgehead atoms. The van der Waals surface area contributed by atoms with Crippen LogP contribution >= 0.6 is 0 Å². The van der Waals surface area contributed by atoms with Crippen molar-refractivity contribution in [1.29, 1.82) is 0 Å². The molecular formula is C20H34O. The lowest BCUT2D eigenvalue weighted by Crippen LogP contribution is -2.55. The van der Waals surface area contributed by atoms with Crippen LogP contribution in [-0.2, 0) is 0 Å². The highest BCUT2D eigenvalue weighted by Crippen LogP contribution is 2.68. The summed E-state index contributed by atoms with van der Waals surface area (Å²) >= 11 is 0. The molecule has 4 aliphatic rings. The third kappa shape index (κ3) is 1.79. The first kappa shape index (κ1) is 14.5. The molecule has 1 N–H and O–H groups in total. The van der Waals surface area contributed by atoms with Gasteiger partial charge in [-0.3, -0.25) is 0 Å². The summed E-state index contributed by atoms with van der Waals surface area (Å²) in [5.74, 6) is 3.69. The maximum absolute atomic E-state index is 10.9. The molecular weight excluding hydrogens is 256 g/mol. The van der Waals surface area contributed by atoms with Crippen LogP contribution in [0.2, 0.25) is 0 Å². The molecule has 0 amide bonds. The van der Waals surface area contributed by atoms with Crippen LogP contribution in [0.4, 0.5) is 0 Å². The third-order valence-electron chi connectivity index (χ3n) is 9.15. The largest absolute Gasteiger partial charge is 0.390 e. The van der Waals surface area contributed by atoms with E-state index in [9.17, 15) is 5.11 Å². The highest BCUT2D eigenvalue weighted by Gasteiger charge is 2.62. The topological polar surface area (TPSA) is 20.2 Å². The molecule has 4 saturated carbocycles. The van der Waals surface area contributed by atoms with Gasteiger partial charge in [0.15, 0.2) is 0 Å². The fraction of sp³-hybridized carbons (Fsp3) is 1.00. The lowest BCUT2D eigenvalue weighted by molar-refractivity contribution is -0.145. The number of fused-ring (bicyclic) bond motifs is 5. The van der Waals surface area contributed by atoms with Crippen LogP contribution in [0.3, 0.4) is 0 Å². The van der Waals surface area contributed by atoms with Crippen LogP contribution in [0.1, 0.15) is 85.0 Å². The first-order valence-corrected chi connectivity index (χ1v) is 9.61. The Morgan fingerprint density at radius 2 is 1.52 bits per heavy atom. The van der Waals surface area contributed by atoms with Gasteiger partial charge in [-0.15, -0.1) is 0 Å². The van der Waals surface area contributed by atoms with Crippen molar-refractivity contribution in [3.8, 4) is 0 Å². The first-order valence-electron chi connectivity index (χ1n) is 9.61. The van der Waals surface area contributed by atoms with E-state index in [2.05, 4.69) is 20.8 Å². The summed E-state index contributed by atoms with van der Waals surface area (Å²) in [5.41, 5.74) is 0.427. The molecule has 1 heteroatoms. The number of hydrogen-bond acceptors (Lipinski definition) is 1. The van der Waals surface area contributed by atoms with Crippen molar-refractivity contribution in [2.45, 2.75) is 90.6 Å². The van der Waals surface area contributed by atoms with E-state index in [-0.39, 0.29) is 5.41 Å². The summed E-state index contributed by atoms with van der Waals surface area (Å²) in [4.78, 5) is 0. The maximum Gasteiger partial charge on any atom is 0.0675 e. The van der Waals surface area contributed by atoms with E-state index in [1.807, 2.05) is 0 Å². The highest BCUT2D eigenvalue weighted by atomic mass is 16.3. The summed E-state index contributed by atoms with van der Waals surface area (Å²) in [5, 5.41) is 10.9. The fourth-order valence-electron chi connectivity index (χ4n) is 7.54. The van der Waals surface area contributed by atoms with Crippen LogP contribution in [0.25, 0.3) is 0 Å². The highest BCUT2D eigenvalue weighted by molar-refractivity contribution is 5.12. The number of aliphatic hydroxyl groups is 1. The van der Waals surface area contributed by atoms with Crippen LogP contribution in [-0.4, -0.2) is 10.7 Å². The van der Waals surface area contributed by atoms with Crippen molar-refractivity contribution in [2.24, 2.45) is 34.5 Å². The lowest BCUT2D eigenvalue weighted by Gasteiger charge is -2.61. The standard InChI is InChI=1S/C20H34O/c1-18-11-5-4-6-14(18)7-8-15-16(18)9-12-19(2)17(15)10-13-20(19,3)21/h14-17,21H,4-13H2,1-3H3/t14-,15+,16+,17-,18-,19-,20-/m0/s1. The molecule has 0 heterocycles. The van der Waals surface area contributed by atoms with Gasteiger partial charge in [-0.25, -0.2) is 0 Å². The van der Waals surface area contributed by atoms with Gasteiger partial charge in [0.2, 0.25) is 0 Å². The summed E-state index contributed by atoms with van der Waals surface area (Å²) in [6, 6.07) is 0. The predicted molar refractivity (Wildman–Crippen MR) is 87.0 cm³/mol. The molecule has 0 spiro atoms. The monoisotopic (exact) mass is 290 g/mol. The molecule has 0 aromatic carbocycles. The smallest absolute Gasteiger partial charge is 0.0675 e. The molecule has 4 aliphatic carbocycles. The minimum Gasteiger partial charge on any atom is -0.390 e. The van der Waals surface area contributed by atoms with E-state index in [1.54, 1.807) is 0 Å². The predicted octanol–water partition coefficient (Wildman–Crippen LogP) is 5.17. The van der Waals surface area contributed by atoms with Crippen molar-refractivity contribution < 1.29 is 5.11 Å². The summed E-state index contributed by atoms with van der Waals surface area (Å²) in [6.45, 7) is 7.18. The second-order valence-corrected chi connectivity index (χ2v) is 9.67. The van der Waals surface area contributed by atoms with Crippen LogP contribution in [0.15, 0.2) is 0 Å². The molecule has 21 heavy (non-hydrogen) atoms. The van der Waals surface area contributed by atoms with E-state index < -0.39 is 5.60 Å². The van der Waals surface area contributed by atoms with Crippen LogP contribution < -0.4 is 0 Å². The van der Waals surface area contributed by atoms with Crippen molar-refractivity contribution >= 4 is 0 Å². The molecule has 0 aromatic rings. The van der Waals surface area contributed by atoms with Gasteiger partial charge in [-0.2, -0.15) is 0 Å². The van der Waals surface area contributed by atoms with Crippen molar-refractivity contribution in [1.82, 2.24) is 0 Å². The molecule has 4 fully saturated rings. The Morgan fingerprint density at radius 1 is 0.762 bits per heavy atom. The molecule has 0 saturated heterocycles. The number of rotatable bonds is 0. The molecule has 0 aromatic heterocycles. The van der Waals surface area contributed by atoms with Gasteiger partial charge in [0.05, 0.1) is 5.60 Å². The van der Waals surface area contributed by atoms with Crippen molar-refractivity contribution in [2.75, 3.05) is 0 Å². The maximum atomic E-state index is 10.9. The molecule has 7 atom stereocenters. The molecule has 1 nitrogen and oxygen atoms in total. The van der Waals surface area contributed by atoms with E-state index in [0.717, 1.165) is 30.1 Å². The van der Waals surface area contributed by atoms with Crippen molar-refractivity contribution in [3.63, 3.8) is 0 Å². The van der Waals surface area contributed by atoms with Gasteiger partial charge >= 0.3 is 0 Å². The number of hydrogen-bond donors (Lipinski definition) is 1. The Labute approximate surface area is 130 Å². The minimum atomic E-state index is -0.410. The van der Waals surface area contributed by atoms with E-state index in [4.69, 9.17) is 0 Å². The quantitative estimate of drug-likeness (QED) is 0.652. The van der Waals surface area contributed by atoms with Gasteiger partial charge in [0, 0.05) is 0 Å². The average Bonchev–Trinajstić information content (AvgIpc) is 2.69. The molecule has 0 radical (unpaired) electrons. The Bertz CT molecular complexity index is 428. The fourth-order valence-corrected chi connectivity index (χ4v) is 7.54. The second kappa shape index (κ2) is 4.49. The van der Waals surface area contributed by atoms with Crippen LogP contribution in [0, 0.1) is 34.5 Å².